The van der Waals surface area contributed by atoms with E-state index in [4.69, 9.17) is 4.74 Å². The molecule has 3 aromatic rings. The fraction of sp³-hybridized carbons (Fsp3) is 0.263. The van der Waals surface area contributed by atoms with E-state index in [1.807, 2.05) is 36.4 Å². The van der Waals surface area contributed by atoms with Crippen molar-refractivity contribution in [2.75, 3.05) is 6.61 Å². The molecule has 0 saturated heterocycles. The summed E-state index contributed by atoms with van der Waals surface area (Å²) in [5.74, 6) is 0.976. The maximum absolute atomic E-state index is 12.1. The number of benzene rings is 1. The SMILES string of the molecule is O=c1cc(CNC2CCc3ccccc3OC2)nc2ccccn12. The lowest BCUT2D eigenvalue weighted by Crippen LogP contribution is -2.34. The second kappa shape index (κ2) is 6.45. The van der Waals surface area contributed by atoms with Crippen molar-refractivity contribution < 1.29 is 4.74 Å². The van der Waals surface area contributed by atoms with Gasteiger partial charge in [-0.05, 0) is 36.6 Å². The molecule has 0 spiro atoms. The van der Waals surface area contributed by atoms with Crippen molar-refractivity contribution in [1.82, 2.24) is 14.7 Å². The van der Waals surface area contributed by atoms with E-state index in [9.17, 15) is 4.79 Å². The van der Waals surface area contributed by atoms with Crippen LogP contribution < -0.4 is 15.6 Å². The number of aryl methyl sites for hydroxylation is 1. The Morgan fingerprint density at radius 1 is 1.21 bits per heavy atom. The zero-order chi connectivity index (χ0) is 16.4. The number of rotatable bonds is 3. The number of aromatic nitrogens is 2. The molecule has 1 aliphatic rings. The quantitative estimate of drug-likeness (QED) is 0.803. The predicted molar refractivity (Wildman–Crippen MR) is 92.3 cm³/mol. The highest BCUT2D eigenvalue weighted by Crippen LogP contribution is 2.23. The first-order valence-electron chi connectivity index (χ1n) is 8.21. The van der Waals surface area contributed by atoms with Crippen molar-refractivity contribution in [1.29, 1.82) is 0 Å². The van der Waals surface area contributed by atoms with Gasteiger partial charge in [-0.15, -0.1) is 0 Å². The lowest BCUT2D eigenvalue weighted by molar-refractivity contribution is 0.267. The Morgan fingerprint density at radius 2 is 2.08 bits per heavy atom. The highest BCUT2D eigenvalue weighted by molar-refractivity contribution is 5.38. The summed E-state index contributed by atoms with van der Waals surface area (Å²) in [5, 5.41) is 3.47. The van der Waals surface area contributed by atoms with E-state index in [0.29, 0.717) is 18.8 Å². The summed E-state index contributed by atoms with van der Waals surface area (Å²) in [6.45, 7) is 1.19. The van der Waals surface area contributed by atoms with Gasteiger partial charge in [-0.1, -0.05) is 24.3 Å². The second-order valence-corrected chi connectivity index (χ2v) is 6.05. The lowest BCUT2D eigenvalue weighted by Gasteiger charge is -2.16. The molecule has 0 saturated carbocycles. The molecule has 24 heavy (non-hydrogen) atoms. The monoisotopic (exact) mass is 321 g/mol. The molecule has 1 unspecified atom stereocenters. The second-order valence-electron chi connectivity index (χ2n) is 6.05. The van der Waals surface area contributed by atoms with Crippen molar-refractivity contribution in [2.45, 2.75) is 25.4 Å². The Morgan fingerprint density at radius 3 is 3.04 bits per heavy atom. The van der Waals surface area contributed by atoms with Crippen LogP contribution in [-0.2, 0) is 13.0 Å². The number of fused-ring (bicyclic) bond motifs is 2. The van der Waals surface area contributed by atoms with Crippen LogP contribution in [0.4, 0.5) is 0 Å². The van der Waals surface area contributed by atoms with Crippen LogP contribution in [0.3, 0.4) is 0 Å². The summed E-state index contributed by atoms with van der Waals surface area (Å²) >= 11 is 0. The number of hydrogen-bond acceptors (Lipinski definition) is 4. The lowest BCUT2D eigenvalue weighted by atomic mass is 10.1. The minimum atomic E-state index is -0.0538. The van der Waals surface area contributed by atoms with Crippen LogP contribution in [0.25, 0.3) is 5.65 Å². The number of nitrogens with one attached hydrogen (secondary N) is 1. The minimum absolute atomic E-state index is 0.0538. The molecule has 5 heteroatoms. The van der Waals surface area contributed by atoms with Gasteiger partial charge in [0.05, 0.1) is 5.69 Å². The van der Waals surface area contributed by atoms with Gasteiger partial charge in [-0.3, -0.25) is 9.20 Å². The van der Waals surface area contributed by atoms with E-state index < -0.39 is 0 Å². The zero-order valence-electron chi connectivity index (χ0n) is 13.3. The van der Waals surface area contributed by atoms with Crippen LogP contribution >= 0.6 is 0 Å². The van der Waals surface area contributed by atoms with Gasteiger partial charge < -0.3 is 10.1 Å². The summed E-state index contributed by atoms with van der Waals surface area (Å²) in [7, 11) is 0. The first kappa shape index (κ1) is 14.9. The summed E-state index contributed by atoms with van der Waals surface area (Å²) < 4.78 is 7.45. The zero-order valence-corrected chi connectivity index (χ0v) is 13.3. The van der Waals surface area contributed by atoms with Crippen molar-refractivity contribution in [3.63, 3.8) is 0 Å². The van der Waals surface area contributed by atoms with Crippen LogP contribution in [0, 0.1) is 0 Å². The van der Waals surface area contributed by atoms with E-state index in [0.717, 1.165) is 24.3 Å². The standard InChI is InChI=1S/C19H19N3O2/c23-19-11-16(21-18-7-3-4-10-22(18)19)12-20-15-9-8-14-5-1-2-6-17(14)24-13-15/h1-7,10-11,15,20H,8-9,12-13H2. The molecular weight excluding hydrogens is 302 g/mol. The Hall–Kier alpha value is -2.66. The molecule has 3 heterocycles. The van der Waals surface area contributed by atoms with Crippen LogP contribution in [0.15, 0.2) is 59.5 Å². The van der Waals surface area contributed by atoms with Gasteiger partial charge in [0.25, 0.3) is 5.56 Å². The number of hydrogen-bond donors (Lipinski definition) is 1. The average molecular weight is 321 g/mol. The molecule has 0 aliphatic carbocycles. The maximum Gasteiger partial charge on any atom is 0.258 e. The summed E-state index contributed by atoms with van der Waals surface area (Å²) in [4.78, 5) is 16.7. The van der Waals surface area contributed by atoms with Gasteiger partial charge in [0.2, 0.25) is 0 Å². The highest BCUT2D eigenvalue weighted by Gasteiger charge is 2.16. The van der Waals surface area contributed by atoms with Crippen molar-refractivity contribution >= 4 is 5.65 Å². The van der Waals surface area contributed by atoms with Crippen LogP contribution in [-0.4, -0.2) is 22.0 Å². The van der Waals surface area contributed by atoms with E-state index in [1.165, 1.54) is 5.56 Å². The minimum Gasteiger partial charge on any atom is -0.492 e. The molecular formula is C19H19N3O2. The van der Waals surface area contributed by atoms with Gasteiger partial charge >= 0.3 is 0 Å². The molecule has 1 aromatic carbocycles. The van der Waals surface area contributed by atoms with Gasteiger partial charge in [-0.2, -0.15) is 0 Å². The predicted octanol–water partition coefficient (Wildman–Crippen LogP) is 2.18. The number of nitrogens with zero attached hydrogens (tertiary/aromatic N) is 2. The molecule has 0 amide bonds. The molecule has 0 radical (unpaired) electrons. The first-order chi connectivity index (χ1) is 11.8. The Kier molecular flexibility index (Phi) is 4.01. The first-order valence-corrected chi connectivity index (χ1v) is 8.21. The topological polar surface area (TPSA) is 55.6 Å². The summed E-state index contributed by atoms with van der Waals surface area (Å²) in [5.41, 5.74) is 2.63. The van der Waals surface area contributed by atoms with E-state index in [2.05, 4.69) is 16.4 Å². The summed E-state index contributed by atoms with van der Waals surface area (Å²) in [6.07, 6.45) is 3.73. The molecule has 122 valence electrons. The Labute approximate surface area is 139 Å². The number of ether oxygens (including phenoxy) is 1. The molecule has 4 rings (SSSR count). The molecule has 1 N–H and O–H groups in total. The summed E-state index contributed by atoms with van der Waals surface area (Å²) in [6, 6.07) is 15.6. The molecule has 1 aliphatic heterocycles. The van der Waals surface area contributed by atoms with Gasteiger partial charge in [0, 0.05) is 24.8 Å². The highest BCUT2D eigenvalue weighted by atomic mass is 16.5. The normalized spacial score (nSPS) is 17.1. The van der Waals surface area contributed by atoms with Crippen LogP contribution in [0.5, 0.6) is 5.75 Å². The third kappa shape index (κ3) is 3.03. The average Bonchev–Trinajstić information content (AvgIpc) is 2.83. The molecule has 0 bridgehead atoms. The molecule has 0 fully saturated rings. The number of pyridine rings is 1. The Balaban J connectivity index is 1.45. The van der Waals surface area contributed by atoms with Gasteiger partial charge in [0.15, 0.2) is 0 Å². The Bertz CT molecular complexity index is 893. The van der Waals surface area contributed by atoms with Crippen LogP contribution in [0.1, 0.15) is 17.7 Å². The smallest absolute Gasteiger partial charge is 0.258 e. The number of para-hydroxylation sites is 1. The van der Waals surface area contributed by atoms with E-state index in [-0.39, 0.29) is 11.6 Å². The third-order valence-corrected chi connectivity index (χ3v) is 4.37. The van der Waals surface area contributed by atoms with Crippen LogP contribution in [0.2, 0.25) is 0 Å². The van der Waals surface area contributed by atoms with Crippen molar-refractivity contribution in [2.24, 2.45) is 0 Å². The van der Waals surface area contributed by atoms with E-state index in [1.54, 1.807) is 16.7 Å². The van der Waals surface area contributed by atoms with E-state index >= 15 is 0 Å². The van der Waals surface area contributed by atoms with Gasteiger partial charge in [-0.25, -0.2) is 4.98 Å². The molecule has 5 nitrogen and oxygen atoms in total. The largest absolute Gasteiger partial charge is 0.492 e. The van der Waals surface area contributed by atoms with Gasteiger partial charge in [0.1, 0.15) is 18.0 Å². The molecule has 2 aromatic heterocycles. The van der Waals surface area contributed by atoms with Crippen molar-refractivity contribution in [3.05, 3.63) is 76.3 Å². The fourth-order valence-electron chi connectivity index (χ4n) is 3.06. The third-order valence-electron chi connectivity index (χ3n) is 4.37. The van der Waals surface area contributed by atoms with Crippen molar-refractivity contribution in [3.8, 4) is 5.75 Å². The fourth-order valence-corrected chi connectivity index (χ4v) is 3.06. The molecule has 1 atom stereocenters. The maximum atomic E-state index is 12.1.